The standard InChI is InChI=1S/C18H36N4O2S.HI/c1-4-19-17(20-13-9-14-22(5-2)25(3,23)24)21-15-12-18(16-21)10-7-6-8-11-18;/h4-16H2,1-3H3,(H,19,20);1H. The molecule has 0 unspecified atom stereocenters. The molecule has 1 aliphatic heterocycles. The minimum Gasteiger partial charge on any atom is -0.357 e. The number of aliphatic imine (C=N–C) groups is 1. The third-order valence-corrected chi connectivity index (χ3v) is 7.01. The van der Waals surface area contributed by atoms with E-state index in [1.54, 1.807) is 0 Å². The molecule has 1 aliphatic carbocycles. The maximum absolute atomic E-state index is 11.6. The highest BCUT2D eigenvalue weighted by atomic mass is 127. The molecule has 6 nitrogen and oxygen atoms in total. The smallest absolute Gasteiger partial charge is 0.211 e. The average molecular weight is 500 g/mol. The number of hydrogen-bond acceptors (Lipinski definition) is 3. The summed E-state index contributed by atoms with van der Waals surface area (Å²) in [5.74, 6) is 1.01. The molecule has 0 aromatic heterocycles. The molecule has 0 amide bonds. The van der Waals surface area contributed by atoms with Crippen molar-refractivity contribution < 1.29 is 8.42 Å². The Morgan fingerprint density at radius 2 is 1.88 bits per heavy atom. The SMILES string of the molecule is CCNC(=NCCCN(CC)S(C)(=O)=O)N1CCC2(CCCCC2)C1.I. The van der Waals surface area contributed by atoms with E-state index in [-0.39, 0.29) is 24.0 Å². The molecule has 0 radical (unpaired) electrons. The van der Waals surface area contributed by atoms with Gasteiger partial charge in [0.05, 0.1) is 6.26 Å². The fourth-order valence-electron chi connectivity index (χ4n) is 4.24. The van der Waals surface area contributed by atoms with Crippen LogP contribution < -0.4 is 5.32 Å². The van der Waals surface area contributed by atoms with E-state index in [4.69, 9.17) is 4.99 Å². The van der Waals surface area contributed by atoms with Crippen molar-refractivity contribution in [3.05, 3.63) is 0 Å². The van der Waals surface area contributed by atoms with E-state index in [9.17, 15) is 8.42 Å². The lowest BCUT2D eigenvalue weighted by Crippen LogP contribution is -2.41. The number of nitrogens with zero attached hydrogens (tertiary/aromatic N) is 3. The van der Waals surface area contributed by atoms with E-state index in [2.05, 4.69) is 17.1 Å². The molecule has 2 aliphatic rings. The van der Waals surface area contributed by atoms with Crippen LogP contribution in [0.3, 0.4) is 0 Å². The third kappa shape index (κ3) is 6.82. The van der Waals surface area contributed by atoms with E-state index < -0.39 is 10.0 Å². The van der Waals surface area contributed by atoms with Crippen LogP contribution in [-0.2, 0) is 10.0 Å². The summed E-state index contributed by atoms with van der Waals surface area (Å²) in [7, 11) is -3.10. The molecule has 1 saturated heterocycles. The second kappa shape index (κ2) is 11.0. The highest BCUT2D eigenvalue weighted by molar-refractivity contribution is 14.0. The van der Waals surface area contributed by atoms with E-state index in [1.165, 1.54) is 49.1 Å². The lowest BCUT2D eigenvalue weighted by Gasteiger charge is -2.33. The summed E-state index contributed by atoms with van der Waals surface area (Å²) in [6.45, 7) is 8.80. The second-order valence-corrected chi connectivity index (χ2v) is 9.56. The van der Waals surface area contributed by atoms with Gasteiger partial charge in [0, 0.05) is 39.3 Å². The van der Waals surface area contributed by atoms with Gasteiger partial charge in [-0.05, 0) is 38.0 Å². The summed E-state index contributed by atoms with van der Waals surface area (Å²) in [6.07, 6.45) is 10.2. The van der Waals surface area contributed by atoms with Crippen molar-refractivity contribution in [1.29, 1.82) is 0 Å². The zero-order chi connectivity index (χ0) is 18.3. The van der Waals surface area contributed by atoms with Crippen LogP contribution in [0.4, 0.5) is 0 Å². The molecule has 8 heteroatoms. The molecule has 2 fully saturated rings. The van der Waals surface area contributed by atoms with E-state index in [0.717, 1.165) is 32.0 Å². The molecule has 1 saturated carbocycles. The molecule has 1 N–H and O–H groups in total. The first kappa shape index (κ1) is 23.9. The van der Waals surface area contributed by atoms with Crippen LogP contribution in [0.15, 0.2) is 4.99 Å². The summed E-state index contributed by atoms with van der Waals surface area (Å²) >= 11 is 0. The number of likely N-dealkylation sites (tertiary alicyclic amines) is 1. The number of nitrogens with one attached hydrogen (secondary N) is 1. The zero-order valence-corrected chi connectivity index (χ0v) is 19.8. The molecular weight excluding hydrogens is 463 g/mol. The van der Waals surface area contributed by atoms with Gasteiger partial charge >= 0.3 is 0 Å². The van der Waals surface area contributed by atoms with Crippen LogP contribution in [0.5, 0.6) is 0 Å². The maximum atomic E-state index is 11.6. The predicted molar refractivity (Wildman–Crippen MR) is 120 cm³/mol. The Labute approximate surface area is 177 Å². The summed E-state index contributed by atoms with van der Waals surface area (Å²) in [4.78, 5) is 7.19. The molecule has 0 atom stereocenters. The Balaban J connectivity index is 0.00000338. The van der Waals surface area contributed by atoms with E-state index in [0.29, 0.717) is 25.0 Å². The number of halogens is 1. The first-order valence-electron chi connectivity index (χ1n) is 9.88. The van der Waals surface area contributed by atoms with Crippen LogP contribution in [0.25, 0.3) is 0 Å². The first-order chi connectivity index (χ1) is 11.9. The molecule has 1 heterocycles. The third-order valence-electron chi connectivity index (χ3n) is 5.64. The van der Waals surface area contributed by atoms with Gasteiger partial charge in [0.2, 0.25) is 10.0 Å². The molecule has 26 heavy (non-hydrogen) atoms. The van der Waals surface area contributed by atoms with Crippen molar-refractivity contribution in [3.63, 3.8) is 0 Å². The Bertz CT molecular complexity index is 547. The number of rotatable bonds is 7. The Morgan fingerprint density at radius 1 is 1.19 bits per heavy atom. The van der Waals surface area contributed by atoms with E-state index >= 15 is 0 Å². The lowest BCUT2D eigenvalue weighted by atomic mass is 9.73. The van der Waals surface area contributed by atoms with Crippen molar-refractivity contribution in [1.82, 2.24) is 14.5 Å². The molecule has 0 aromatic rings. The highest BCUT2D eigenvalue weighted by Gasteiger charge is 2.39. The topological polar surface area (TPSA) is 65.0 Å². The van der Waals surface area contributed by atoms with Crippen molar-refractivity contribution in [2.24, 2.45) is 10.4 Å². The fraction of sp³-hybridized carbons (Fsp3) is 0.944. The Hall–Kier alpha value is -0.0900. The predicted octanol–water partition coefficient (Wildman–Crippen LogP) is 2.90. The van der Waals surface area contributed by atoms with Gasteiger partial charge in [0.1, 0.15) is 0 Å². The molecule has 154 valence electrons. The van der Waals surface area contributed by atoms with Crippen molar-refractivity contribution in [2.45, 2.75) is 58.8 Å². The summed E-state index contributed by atoms with van der Waals surface area (Å²) < 4.78 is 24.8. The van der Waals surface area contributed by atoms with Gasteiger partial charge in [-0.2, -0.15) is 0 Å². The van der Waals surface area contributed by atoms with Gasteiger partial charge in [0.25, 0.3) is 0 Å². The van der Waals surface area contributed by atoms with Crippen molar-refractivity contribution >= 4 is 40.0 Å². The largest absolute Gasteiger partial charge is 0.357 e. The maximum Gasteiger partial charge on any atom is 0.211 e. The molecule has 0 aromatic carbocycles. The van der Waals surface area contributed by atoms with Gasteiger partial charge < -0.3 is 10.2 Å². The van der Waals surface area contributed by atoms with Crippen LogP contribution in [0.2, 0.25) is 0 Å². The quantitative estimate of drug-likeness (QED) is 0.253. The zero-order valence-electron chi connectivity index (χ0n) is 16.7. The minimum absolute atomic E-state index is 0. The number of sulfonamides is 1. The first-order valence-corrected chi connectivity index (χ1v) is 11.7. The normalized spacial score (nSPS) is 20.5. The van der Waals surface area contributed by atoms with Crippen LogP contribution in [0.1, 0.15) is 58.8 Å². The average Bonchev–Trinajstić information content (AvgIpc) is 2.96. The monoisotopic (exact) mass is 500 g/mol. The molecule has 0 bridgehead atoms. The number of hydrogen-bond donors (Lipinski definition) is 1. The summed E-state index contributed by atoms with van der Waals surface area (Å²) in [6, 6.07) is 0. The lowest BCUT2D eigenvalue weighted by molar-refractivity contribution is 0.203. The van der Waals surface area contributed by atoms with Crippen LogP contribution in [0, 0.1) is 5.41 Å². The van der Waals surface area contributed by atoms with Gasteiger partial charge in [-0.15, -0.1) is 24.0 Å². The van der Waals surface area contributed by atoms with Crippen LogP contribution >= 0.6 is 24.0 Å². The summed E-state index contributed by atoms with van der Waals surface area (Å²) in [5, 5.41) is 3.42. The van der Waals surface area contributed by atoms with Crippen molar-refractivity contribution in [3.8, 4) is 0 Å². The molecule has 1 spiro atoms. The minimum atomic E-state index is -3.10. The highest BCUT2D eigenvalue weighted by Crippen LogP contribution is 2.43. The molecular formula is C18H37IN4O2S. The van der Waals surface area contributed by atoms with Gasteiger partial charge in [-0.1, -0.05) is 26.2 Å². The fourth-order valence-corrected chi connectivity index (χ4v) is 5.17. The van der Waals surface area contributed by atoms with Crippen LogP contribution in [-0.4, -0.2) is 69.1 Å². The number of guanidine groups is 1. The van der Waals surface area contributed by atoms with Gasteiger partial charge in [-0.3, -0.25) is 4.99 Å². The second-order valence-electron chi connectivity index (χ2n) is 7.58. The van der Waals surface area contributed by atoms with Crippen molar-refractivity contribution in [2.75, 3.05) is 45.5 Å². The van der Waals surface area contributed by atoms with Gasteiger partial charge in [-0.25, -0.2) is 12.7 Å². The molecule has 2 rings (SSSR count). The Kier molecular flexibility index (Phi) is 10.2. The van der Waals surface area contributed by atoms with E-state index in [1.807, 2.05) is 6.92 Å². The van der Waals surface area contributed by atoms with Gasteiger partial charge in [0.15, 0.2) is 5.96 Å². The Morgan fingerprint density at radius 3 is 2.46 bits per heavy atom. The summed E-state index contributed by atoms with van der Waals surface area (Å²) in [5.41, 5.74) is 0.518.